The first kappa shape index (κ1) is 23.1. The molecule has 10 nitrogen and oxygen atoms in total. The Kier molecular flexibility index (Phi) is 6.95. The molecule has 2 N–H and O–H groups in total. The zero-order valence-corrected chi connectivity index (χ0v) is 19.0. The smallest absolute Gasteiger partial charge is 0.321 e. The topological polar surface area (TPSA) is 127 Å². The molecule has 34 heavy (non-hydrogen) atoms. The summed E-state index contributed by atoms with van der Waals surface area (Å²) in [5.74, 6) is 1.06. The summed E-state index contributed by atoms with van der Waals surface area (Å²) in [6.45, 7) is 5.38. The number of aromatic nitrogens is 2. The van der Waals surface area contributed by atoms with Crippen LogP contribution in [0.3, 0.4) is 0 Å². The molecule has 2 heterocycles. The van der Waals surface area contributed by atoms with Gasteiger partial charge in [-0.15, -0.1) is 0 Å². The number of nitrogens with one attached hydrogen (secondary N) is 1. The molecule has 0 bridgehead atoms. The van der Waals surface area contributed by atoms with E-state index in [1.807, 2.05) is 50.2 Å². The maximum absolute atomic E-state index is 12.5. The van der Waals surface area contributed by atoms with E-state index in [1.165, 1.54) is 0 Å². The van der Waals surface area contributed by atoms with E-state index in [9.17, 15) is 9.59 Å². The van der Waals surface area contributed by atoms with Crippen LogP contribution in [0.5, 0.6) is 11.5 Å². The normalized spacial score (nSPS) is 12.4. The van der Waals surface area contributed by atoms with E-state index in [4.69, 9.17) is 19.1 Å². The number of carbonyl (C=O) groups is 2. The summed E-state index contributed by atoms with van der Waals surface area (Å²) in [7, 11) is 0. The molecule has 4 rings (SSSR count). The van der Waals surface area contributed by atoms with Gasteiger partial charge in [0.25, 0.3) is 5.89 Å². The summed E-state index contributed by atoms with van der Waals surface area (Å²) >= 11 is 0. The number of amides is 2. The van der Waals surface area contributed by atoms with Crippen LogP contribution in [0.25, 0.3) is 22.8 Å². The second-order valence-electron chi connectivity index (χ2n) is 7.53. The number of rotatable bonds is 9. The molecule has 1 aliphatic heterocycles. The molecule has 0 unspecified atom stereocenters. The van der Waals surface area contributed by atoms with Crippen molar-refractivity contribution in [3.05, 3.63) is 42.0 Å². The summed E-state index contributed by atoms with van der Waals surface area (Å²) in [6, 6.07) is 10.7. The van der Waals surface area contributed by atoms with Gasteiger partial charge in [0.05, 0.1) is 19.6 Å². The predicted octanol–water partition coefficient (Wildman–Crippen LogP) is 3.75. The van der Waals surface area contributed by atoms with Crippen molar-refractivity contribution in [2.45, 2.75) is 26.7 Å². The number of nitrogens with zero attached hydrogens (tertiary/aromatic N) is 3. The quantitative estimate of drug-likeness (QED) is 0.488. The van der Waals surface area contributed by atoms with Gasteiger partial charge < -0.3 is 24.4 Å². The molecule has 0 spiro atoms. The number of carboxylic acid groups (broad SMARTS) is 1. The number of benzene rings is 2. The summed E-state index contributed by atoms with van der Waals surface area (Å²) in [4.78, 5) is 29.4. The minimum atomic E-state index is -0.960. The highest BCUT2D eigenvalue weighted by molar-refractivity contribution is 5.95. The summed E-state index contributed by atoms with van der Waals surface area (Å²) in [5, 5.41) is 15.6. The molecule has 178 valence electrons. The van der Waals surface area contributed by atoms with E-state index in [-0.39, 0.29) is 19.0 Å². The molecule has 0 saturated carbocycles. The molecule has 0 saturated heterocycles. The van der Waals surface area contributed by atoms with Crippen LogP contribution in [0.15, 0.2) is 40.9 Å². The van der Waals surface area contributed by atoms with Crippen molar-refractivity contribution in [3.63, 3.8) is 0 Å². The van der Waals surface area contributed by atoms with Crippen molar-refractivity contribution in [2.75, 3.05) is 31.2 Å². The third-order valence-electron chi connectivity index (χ3n) is 5.35. The average Bonchev–Trinajstić information content (AvgIpc) is 3.48. The van der Waals surface area contributed by atoms with Gasteiger partial charge in [-0.3, -0.25) is 9.69 Å². The van der Waals surface area contributed by atoms with E-state index in [0.717, 1.165) is 16.8 Å². The maximum atomic E-state index is 12.5. The number of carboxylic acids is 1. The highest BCUT2D eigenvalue weighted by Crippen LogP contribution is 2.37. The Bertz CT molecular complexity index is 1190. The van der Waals surface area contributed by atoms with Crippen LogP contribution in [-0.2, 0) is 11.2 Å². The van der Waals surface area contributed by atoms with Crippen LogP contribution < -0.4 is 19.7 Å². The minimum Gasteiger partial charge on any atom is -0.490 e. The molecule has 1 aromatic heterocycles. The first-order valence-corrected chi connectivity index (χ1v) is 11.1. The van der Waals surface area contributed by atoms with Crippen LogP contribution in [0.4, 0.5) is 10.5 Å². The number of anilines is 1. The molecule has 0 radical (unpaired) electrons. The number of ether oxygens (including phenoxy) is 2. The second kappa shape index (κ2) is 10.2. The number of aliphatic carboxylic acids is 1. The molecule has 3 aromatic rings. The highest BCUT2D eigenvalue weighted by atomic mass is 16.5. The van der Waals surface area contributed by atoms with Gasteiger partial charge >= 0.3 is 12.0 Å². The Labute approximate surface area is 196 Å². The lowest BCUT2D eigenvalue weighted by Gasteiger charge is -2.18. The van der Waals surface area contributed by atoms with Gasteiger partial charge in [0.2, 0.25) is 5.82 Å². The third-order valence-corrected chi connectivity index (χ3v) is 5.35. The zero-order chi connectivity index (χ0) is 24.1. The molecular weight excluding hydrogens is 440 g/mol. The van der Waals surface area contributed by atoms with Crippen molar-refractivity contribution in [2.24, 2.45) is 0 Å². The fourth-order valence-electron chi connectivity index (χ4n) is 3.86. The van der Waals surface area contributed by atoms with Gasteiger partial charge in [-0.1, -0.05) is 17.3 Å². The van der Waals surface area contributed by atoms with Gasteiger partial charge in [-0.2, -0.15) is 4.98 Å². The van der Waals surface area contributed by atoms with Crippen LogP contribution in [-0.4, -0.2) is 53.6 Å². The van der Waals surface area contributed by atoms with Crippen molar-refractivity contribution < 1.29 is 28.7 Å². The van der Waals surface area contributed by atoms with Crippen LogP contribution >= 0.6 is 0 Å². The SMILES string of the molecule is CCOc1ccc(-c2nc(-c3cccc4c3CCN4C(=O)NCCC(=O)O)no2)cc1OCC. The largest absolute Gasteiger partial charge is 0.490 e. The van der Waals surface area contributed by atoms with E-state index in [1.54, 1.807) is 4.90 Å². The Balaban J connectivity index is 1.57. The highest BCUT2D eigenvalue weighted by Gasteiger charge is 2.28. The van der Waals surface area contributed by atoms with E-state index in [0.29, 0.717) is 55.0 Å². The third kappa shape index (κ3) is 4.80. The van der Waals surface area contributed by atoms with Crippen molar-refractivity contribution in [1.82, 2.24) is 15.5 Å². The second-order valence-corrected chi connectivity index (χ2v) is 7.53. The van der Waals surface area contributed by atoms with E-state index >= 15 is 0 Å². The summed E-state index contributed by atoms with van der Waals surface area (Å²) in [6.07, 6.45) is 0.494. The fraction of sp³-hybridized carbons (Fsp3) is 0.333. The van der Waals surface area contributed by atoms with E-state index < -0.39 is 5.97 Å². The summed E-state index contributed by atoms with van der Waals surface area (Å²) in [5.41, 5.74) is 3.17. The molecule has 2 aromatic carbocycles. The maximum Gasteiger partial charge on any atom is 0.321 e. The zero-order valence-electron chi connectivity index (χ0n) is 19.0. The lowest BCUT2D eigenvalue weighted by atomic mass is 10.0. The predicted molar refractivity (Wildman–Crippen MR) is 124 cm³/mol. The van der Waals surface area contributed by atoms with Gasteiger partial charge in [0.1, 0.15) is 0 Å². The molecule has 10 heteroatoms. The first-order valence-electron chi connectivity index (χ1n) is 11.1. The fourth-order valence-corrected chi connectivity index (χ4v) is 3.86. The van der Waals surface area contributed by atoms with Crippen LogP contribution in [0, 0.1) is 0 Å². The Morgan fingerprint density at radius 3 is 2.71 bits per heavy atom. The Morgan fingerprint density at radius 2 is 1.94 bits per heavy atom. The van der Waals surface area contributed by atoms with Crippen LogP contribution in [0.1, 0.15) is 25.8 Å². The molecule has 1 aliphatic rings. The first-order chi connectivity index (χ1) is 16.5. The van der Waals surface area contributed by atoms with Crippen molar-refractivity contribution in [1.29, 1.82) is 0 Å². The Hall–Kier alpha value is -4.08. The number of hydrogen-bond donors (Lipinski definition) is 2. The molecule has 2 amide bonds. The standard InChI is InChI=1S/C24H26N4O6/c1-3-32-19-9-8-15(14-20(19)33-4-2)23-26-22(27-34-23)17-6-5-7-18-16(17)11-13-28(18)24(31)25-12-10-21(29)30/h5-9,14H,3-4,10-13H2,1-2H3,(H,25,31)(H,29,30). The lowest BCUT2D eigenvalue weighted by Crippen LogP contribution is -2.39. The molecule has 0 atom stereocenters. The van der Waals surface area contributed by atoms with Gasteiger partial charge in [-0.25, -0.2) is 4.79 Å². The van der Waals surface area contributed by atoms with Gasteiger partial charge in [-0.05, 0) is 50.1 Å². The van der Waals surface area contributed by atoms with Crippen LogP contribution in [0.2, 0.25) is 0 Å². The lowest BCUT2D eigenvalue weighted by molar-refractivity contribution is -0.136. The van der Waals surface area contributed by atoms with Gasteiger partial charge in [0, 0.05) is 29.9 Å². The number of fused-ring (bicyclic) bond motifs is 1. The van der Waals surface area contributed by atoms with Gasteiger partial charge in [0.15, 0.2) is 11.5 Å². The monoisotopic (exact) mass is 466 g/mol. The van der Waals surface area contributed by atoms with Crippen molar-refractivity contribution >= 4 is 17.7 Å². The average molecular weight is 466 g/mol. The minimum absolute atomic E-state index is 0.0692. The molecular formula is C24H26N4O6. The molecule has 0 aliphatic carbocycles. The molecule has 0 fully saturated rings. The Morgan fingerprint density at radius 1 is 1.15 bits per heavy atom. The van der Waals surface area contributed by atoms with E-state index in [2.05, 4.69) is 15.5 Å². The number of urea groups is 1. The summed E-state index contributed by atoms with van der Waals surface area (Å²) < 4.78 is 16.8. The number of carbonyl (C=O) groups excluding carboxylic acids is 1. The number of hydrogen-bond acceptors (Lipinski definition) is 7. The van der Waals surface area contributed by atoms with Crippen molar-refractivity contribution in [3.8, 4) is 34.3 Å².